The van der Waals surface area contributed by atoms with Crippen molar-refractivity contribution in [3.05, 3.63) is 94.6 Å². The predicted octanol–water partition coefficient (Wildman–Crippen LogP) is 5.30. The highest BCUT2D eigenvalue weighted by Crippen LogP contribution is 2.32. The zero-order chi connectivity index (χ0) is 21.6. The van der Waals surface area contributed by atoms with Crippen LogP contribution in [0.3, 0.4) is 0 Å². The van der Waals surface area contributed by atoms with Gasteiger partial charge in [0.25, 0.3) is 5.91 Å². The van der Waals surface area contributed by atoms with Crippen molar-refractivity contribution in [2.24, 2.45) is 4.99 Å². The normalized spacial score (nSPS) is 15.9. The second-order valence-electron chi connectivity index (χ2n) is 6.61. The van der Waals surface area contributed by atoms with Gasteiger partial charge in [-0.3, -0.25) is 4.79 Å². The molecular weight excluding hydrogens is 415 g/mol. The quantitative estimate of drug-likeness (QED) is 0.535. The first kappa shape index (κ1) is 20.7. The largest absolute Gasteiger partial charge is 0.493 e. The van der Waals surface area contributed by atoms with E-state index in [1.54, 1.807) is 36.4 Å². The number of hydrogen-bond acceptors (Lipinski definition) is 5. The molecule has 1 aliphatic heterocycles. The van der Waals surface area contributed by atoms with Gasteiger partial charge in [0.15, 0.2) is 16.7 Å². The van der Waals surface area contributed by atoms with Crippen molar-refractivity contribution in [1.82, 2.24) is 5.32 Å². The van der Waals surface area contributed by atoms with E-state index in [2.05, 4.69) is 10.3 Å². The van der Waals surface area contributed by atoms with Crippen LogP contribution in [0, 0.1) is 5.82 Å². The molecule has 0 unspecified atom stereocenters. The number of amidine groups is 1. The molecule has 3 aromatic carbocycles. The molecule has 0 aliphatic carbocycles. The van der Waals surface area contributed by atoms with Crippen LogP contribution in [0.4, 0.5) is 10.1 Å². The number of ether oxygens (including phenoxy) is 2. The summed E-state index contributed by atoms with van der Waals surface area (Å²) in [6.07, 6.45) is 1.76. The minimum absolute atomic E-state index is 0.0844. The van der Waals surface area contributed by atoms with Gasteiger partial charge in [0.05, 0.1) is 17.7 Å². The number of thioether (sulfide) groups is 1. The average Bonchev–Trinajstić information content (AvgIpc) is 3.12. The van der Waals surface area contributed by atoms with Gasteiger partial charge in [0.2, 0.25) is 0 Å². The molecule has 4 rings (SSSR count). The van der Waals surface area contributed by atoms with Crippen LogP contribution in [-0.4, -0.2) is 18.2 Å². The molecule has 0 atom stereocenters. The van der Waals surface area contributed by atoms with Gasteiger partial charge in [-0.05, 0) is 53.7 Å². The van der Waals surface area contributed by atoms with Crippen molar-refractivity contribution >= 4 is 34.6 Å². The topological polar surface area (TPSA) is 59.9 Å². The minimum Gasteiger partial charge on any atom is -0.493 e. The lowest BCUT2D eigenvalue weighted by Gasteiger charge is -2.12. The van der Waals surface area contributed by atoms with Crippen LogP contribution in [0.15, 0.2) is 82.7 Å². The molecule has 1 saturated heterocycles. The Morgan fingerprint density at radius 1 is 1.03 bits per heavy atom. The van der Waals surface area contributed by atoms with Crippen LogP contribution < -0.4 is 14.8 Å². The van der Waals surface area contributed by atoms with Gasteiger partial charge >= 0.3 is 0 Å². The van der Waals surface area contributed by atoms with Crippen LogP contribution in [0.2, 0.25) is 0 Å². The zero-order valence-electron chi connectivity index (χ0n) is 16.7. The van der Waals surface area contributed by atoms with Gasteiger partial charge in [-0.15, -0.1) is 0 Å². The Hall–Kier alpha value is -3.58. The highest BCUT2D eigenvalue weighted by Gasteiger charge is 2.24. The first-order valence-corrected chi connectivity index (χ1v) is 10.3. The van der Waals surface area contributed by atoms with Crippen molar-refractivity contribution in [3.63, 3.8) is 0 Å². The van der Waals surface area contributed by atoms with E-state index < -0.39 is 0 Å². The van der Waals surface area contributed by atoms with Crippen molar-refractivity contribution in [3.8, 4) is 11.5 Å². The van der Waals surface area contributed by atoms with Crippen LogP contribution >= 0.6 is 11.8 Å². The minimum atomic E-state index is -0.319. The highest BCUT2D eigenvalue weighted by atomic mass is 32.2. The van der Waals surface area contributed by atoms with Crippen molar-refractivity contribution in [2.45, 2.75) is 6.61 Å². The van der Waals surface area contributed by atoms with E-state index in [1.807, 2.05) is 36.4 Å². The van der Waals surface area contributed by atoms with Crippen molar-refractivity contribution in [1.29, 1.82) is 0 Å². The molecular formula is C24H19FN2O3S. The molecule has 31 heavy (non-hydrogen) atoms. The summed E-state index contributed by atoms with van der Waals surface area (Å²) in [5, 5.41) is 3.30. The molecule has 1 aliphatic rings. The number of nitrogens with one attached hydrogen (secondary N) is 1. The number of halogens is 1. The van der Waals surface area contributed by atoms with Gasteiger partial charge in [0, 0.05) is 5.56 Å². The first-order valence-electron chi connectivity index (χ1n) is 9.51. The lowest BCUT2D eigenvalue weighted by Crippen LogP contribution is -2.19. The maximum Gasteiger partial charge on any atom is 0.264 e. The number of benzene rings is 3. The number of carbonyl (C=O) groups is 1. The van der Waals surface area contributed by atoms with E-state index >= 15 is 0 Å². The van der Waals surface area contributed by atoms with Crippen LogP contribution in [0.5, 0.6) is 11.5 Å². The maximum atomic E-state index is 13.8. The van der Waals surface area contributed by atoms with E-state index in [1.165, 1.54) is 24.9 Å². The zero-order valence-corrected chi connectivity index (χ0v) is 17.5. The summed E-state index contributed by atoms with van der Waals surface area (Å²) in [5.41, 5.74) is 2.00. The van der Waals surface area contributed by atoms with Gasteiger partial charge in [-0.25, -0.2) is 9.38 Å². The molecule has 0 aromatic heterocycles. The number of amides is 1. The molecule has 7 heteroatoms. The number of methoxy groups -OCH3 is 1. The molecule has 3 aromatic rings. The molecule has 0 bridgehead atoms. The summed E-state index contributed by atoms with van der Waals surface area (Å²) in [4.78, 5) is 17.3. The van der Waals surface area contributed by atoms with Gasteiger partial charge in [-0.1, -0.05) is 42.5 Å². The number of para-hydroxylation sites is 1. The van der Waals surface area contributed by atoms with E-state index in [4.69, 9.17) is 9.47 Å². The fraction of sp³-hybridized carbons (Fsp3) is 0.0833. The average molecular weight is 434 g/mol. The third kappa shape index (κ3) is 5.13. The van der Waals surface area contributed by atoms with Crippen molar-refractivity contribution < 1.29 is 18.7 Å². The van der Waals surface area contributed by atoms with E-state index in [9.17, 15) is 9.18 Å². The number of hydrogen-bond donors (Lipinski definition) is 1. The monoisotopic (exact) mass is 434 g/mol. The fourth-order valence-electron chi connectivity index (χ4n) is 2.92. The van der Waals surface area contributed by atoms with Crippen molar-refractivity contribution in [2.75, 3.05) is 7.11 Å². The standard InChI is InChI=1S/C24H19FN2O3S/c1-29-21-13-16(11-12-20(21)30-15-17-7-5-6-10-19(17)25)14-22-23(28)27-24(31-22)26-18-8-3-2-4-9-18/h2-14H,15H2,1H3,(H,26,27,28). The number of carbonyl (C=O) groups excluding carboxylic acids is 1. The van der Waals surface area contributed by atoms with Gasteiger partial charge in [0.1, 0.15) is 12.4 Å². The molecule has 1 amide bonds. The second kappa shape index (κ2) is 9.49. The Morgan fingerprint density at radius 2 is 1.81 bits per heavy atom. The Bertz CT molecular complexity index is 1160. The Labute approximate surface area is 183 Å². The Kier molecular flexibility index (Phi) is 6.33. The summed E-state index contributed by atoms with van der Waals surface area (Å²) >= 11 is 1.27. The summed E-state index contributed by atoms with van der Waals surface area (Å²) < 4.78 is 25.0. The number of nitrogens with zero attached hydrogens (tertiary/aromatic N) is 1. The first-order chi connectivity index (χ1) is 15.1. The molecule has 0 radical (unpaired) electrons. The molecule has 0 spiro atoms. The van der Waals surface area contributed by atoms with Gasteiger partial charge in [-0.2, -0.15) is 0 Å². The second-order valence-corrected chi connectivity index (χ2v) is 7.64. The maximum absolute atomic E-state index is 13.8. The molecule has 1 fully saturated rings. The molecule has 156 valence electrons. The van der Waals surface area contributed by atoms with E-state index in [-0.39, 0.29) is 18.3 Å². The number of rotatable bonds is 6. The Balaban J connectivity index is 1.50. The van der Waals surface area contributed by atoms with Crippen LogP contribution in [0.1, 0.15) is 11.1 Å². The van der Waals surface area contributed by atoms with E-state index in [0.29, 0.717) is 27.1 Å². The summed E-state index contributed by atoms with van der Waals surface area (Å²) in [6.45, 7) is 0.0844. The SMILES string of the molecule is COc1cc(C=C2SC(=Nc3ccccc3)NC2=O)ccc1OCc1ccccc1F. The molecule has 1 heterocycles. The Morgan fingerprint density at radius 3 is 2.58 bits per heavy atom. The predicted molar refractivity (Wildman–Crippen MR) is 121 cm³/mol. The lowest BCUT2D eigenvalue weighted by atomic mass is 10.2. The molecule has 1 N–H and O–H groups in total. The highest BCUT2D eigenvalue weighted by molar-refractivity contribution is 8.18. The van der Waals surface area contributed by atoms with E-state index in [0.717, 1.165) is 11.3 Å². The third-order valence-corrected chi connectivity index (χ3v) is 5.37. The fourth-order valence-corrected chi connectivity index (χ4v) is 3.76. The molecule has 5 nitrogen and oxygen atoms in total. The summed E-state index contributed by atoms with van der Waals surface area (Å²) in [7, 11) is 1.53. The molecule has 0 saturated carbocycles. The number of aliphatic imine (C=N–C) groups is 1. The van der Waals surface area contributed by atoms with Crippen LogP contribution in [0.25, 0.3) is 6.08 Å². The van der Waals surface area contributed by atoms with Crippen LogP contribution in [-0.2, 0) is 11.4 Å². The van der Waals surface area contributed by atoms with Gasteiger partial charge < -0.3 is 14.8 Å². The third-order valence-electron chi connectivity index (χ3n) is 4.46. The summed E-state index contributed by atoms with van der Waals surface area (Å²) in [6, 6.07) is 21.2. The summed E-state index contributed by atoms with van der Waals surface area (Å²) in [5.74, 6) is 0.452. The lowest BCUT2D eigenvalue weighted by molar-refractivity contribution is -0.115. The smallest absolute Gasteiger partial charge is 0.264 e.